The predicted octanol–water partition coefficient (Wildman–Crippen LogP) is 3.05. The van der Waals surface area contributed by atoms with Crippen molar-refractivity contribution >= 4 is 29.2 Å². The highest BCUT2D eigenvalue weighted by Crippen LogP contribution is 2.35. The van der Waals surface area contributed by atoms with Crippen molar-refractivity contribution in [3.05, 3.63) is 40.8 Å². The van der Waals surface area contributed by atoms with Crippen LogP contribution in [0.15, 0.2) is 28.9 Å². The van der Waals surface area contributed by atoms with E-state index in [0.717, 1.165) is 0 Å². The minimum atomic E-state index is -0.715. The van der Waals surface area contributed by atoms with Crippen molar-refractivity contribution in [3.63, 3.8) is 0 Å². The molecule has 8 heteroatoms. The molecule has 0 bridgehead atoms. The van der Waals surface area contributed by atoms with E-state index in [2.05, 4.69) is 5.32 Å². The zero-order valence-electron chi connectivity index (χ0n) is 13.3. The van der Waals surface area contributed by atoms with Crippen LogP contribution >= 0.6 is 11.6 Å². The molecule has 0 atom stereocenters. The van der Waals surface area contributed by atoms with Crippen LogP contribution < -0.4 is 14.8 Å². The maximum absolute atomic E-state index is 12.0. The van der Waals surface area contributed by atoms with Crippen LogP contribution in [0.25, 0.3) is 0 Å². The summed E-state index contributed by atoms with van der Waals surface area (Å²) in [5.41, 5.74) is 0.961. The number of nitrogens with one attached hydrogen (secondary N) is 1. The third kappa shape index (κ3) is 3.99. The Hall–Kier alpha value is -2.67. The number of methoxy groups -OCH3 is 2. The number of esters is 1. The van der Waals surface area contributed by atoms with Crippen molar-refractivity contribution in [2.45, 2.75) is 6.92 Å². The van der Waals surface area contributed by atoms with Crippen molar-refractivity contribution in [1.82, 2.24) is 0 Å². The van der Waals surface area contributed by atoms with E-state index in [-0.39, 0.29) is 5.76 Å². The van der Waals surface area contributed by atoms with Gasteiger partial charge in [0.2, 0.25) is 5.76 Å². The fraction of sp³-hybridized carbons (Fsp3) is 0.250. The lowest BCUT2D eigenvalue weighted by Gasteiger charge is -2.13. The third-order valence-electron chi connectivity index (χ3n) is 3.13. The highest BCUT2D eigenvalue weighted by molar-refractivity contribution is 6.32. The van der Waals surface area contributed by atoms with Crippen molar-refractivity contribution < 1.29 is 28.2 Å². The average molecular weight is 354 g/mol. The minimum absolute atomic E-state index is 0.0628. The summed E-state index contributed by atoms with van der Waals surface area (Å²) in [6, 6.07) is 4.65. The summed E-state index contributed by atoms with van der Waals surface area (Å²) in [6.45, 7) is 1.22. The number of furan rings is 1. The number of hydrogen-bond acceptors (Lipinski definition) is 6. The molecule has 7 nitrogen and oxygen atoms in total. The van der Waals surface area contributed by atoms with Gasteiger partial charge in [0, 0.05) is 11.6 Å². The van der Waals surface area contributed by atoms with Gasteiger partial charge in [-0.1, -0.05) is 11.6 Å². The Bertz CT molecular complexity index is 755. The number of aryl methyl sites for hydroxylation is 1. The molecule has 1 aromatic heterocycles. The van der Waals surface area contributed by atoms with Crippen molar-refractivity contribution in [2.24, 2.45) is 0 Å². The van der Waals surface area contributed by atoms with Crippen LogP contribution in [0.2, 0.25) is 5.02 Å². The van der Waals surface area contributed by atoms with Crippen LogP contribution in [-0.4, -0.2) is 32.7 Å². The first kappa shape index (κ1) is 17.7. The zero-order valence-corrected chi connectivity index (χ0v) is 14.1. The van der Waals surface area contributed by atoms with Gasteiger partial charge in [-0.2, -0.15) is 0 Å². The molecule has 1 N–H and O–H groups in total. The highest BCUT2D eigenvalue weighted by Gasteiger charge is 2.17. The first-order valence-electron chi connectivity index (χ1n) is 6.88. The molecule has 24 heavy (non-hydrogen) atoms. The zero-order chi connectivity index (χ0) is 17.7. The molecule has 0 saturated heterocycles. The molecule has 0 radical (unpaired) electrons. The molecule has 1 heterocycles. The summed E-state index contributed by atoms with van der Waals surface area (Å²) < 4.78 is 20.1. The van der Waals surface area contributed by atoms with Crippen LogP contribution in [0.5, 0.6) is 11.5 Å². The van der Waals surface area contributed by atoms with Crippen LogP contribution in [0.4, 0.5) is 5.69 Å². The fourth-order valence-electron chi connectivity index (χ4n) is 1.92. The number of hydrogen-bond donors (Lipinski definition) is 1. The second kappa shape index (κ2) is 7.74. The molecule has 1 amide bonds. The number of ether oxygens (including phenoxy) is 3. The van der Waals surface area contributed by atoms with E-state index >= 15 is 0 Å². The molecule has 0 spiro atoms. The molecule has 128 valence electrons. The van der Waals surface area contributed by atoms with E-state index < -0.39 is 18.5 Å². The lowest BCUT2D eigenvalue weighted by molar-refractivity contribution is -0.119. The molecular weight excluding hydrogens is 338 g/mol. The third-order valence-corrected chi connectivity index (χ3v) is 3.43. The smallest absolute Gasteiger partial charge is 0.375 e. The van der Waals surface area contributed by atoms with E-state index in [1.165, 1.54) is 32.6 Å². The van der Waals surface area contributed by atoms with Gasteiger partial charge in [-0.15, -0.1) is 0 Å². The van der Waals surface area contributed by atoms with E-state index in [9.17, 15) is 9.59 Å². The largest absolute Gasteiger partial charge is 0.495 e. The fourth-order valence-corrected chi connectivity index (χ4v) is 2.16. The number of carbonyl (C=O) groups is 2. The Balaban J connectivity index is 2.01. The normalized spacial score (nSPS) is 10.2. The van der Waals surface area contributed by atoms with Gasteiger partial charge in [-0.25, -0.2) is 4.79 Å². The Morgan fingerprint density at radius 2 is 1.92 bits per heavy atom. The topological polar surface area (TPSA) is 87.0 Å². The summed E-state index contributed by atoms with van der Waals surface area (Å²) in [4.78, 5) is 23.7. The first-order valence-corrected chi connectivity index (χ1v) is 7.26. The second-order valence-corrected chi connectivity index (χ2v) is 5.15. The molecule has 0 aliphatic rings. The van der Waals surface area contributed by atoms with Crippen molar-refractivity contribution in [1.29, 1.82) is 0 Å². The van der Waals surface area contributed by atoms with Gasteiger partial charge < -0.3 is 23.9 Å². The minimum Gasteiger partial charge on any atom is -0.495 e. The maximum Gasteiger partial charge on any atom is 0.375 e. The van der Waals surface area contributed by atoms with E-state index in [0.29, 0.717) is 27.8 Å². The number of anilines is 1. The first-order chi connectivity index (χ1) is 11.5. The standard InChI is InChI=1S/C16H16ClNO6/c1-9-4-5-23-15(9)16(20)24-8-14(19)18-11-6-10(17)12(21-2)7-13(11)22-3/h4-7H,8H2,1-3H3,(H,18,19). The van der Waals surface area contributed by atoms with E-state index in [4.69, 9.17) is 30.2 Å². The lowest BCUT2D eigenvalue weighted by Crippen LogP contribution is -2.21. The monoisotopic (exact) mass is 353 g/mol. The van der Waals surface area contributed by atoms with Gasteiger partial charge in [0.15, 0.2) is 6.61 Å². The Morgan fingerprint density at radius 1 is 1.21 bits per heavy atom. The van der Waals surface area contributed by atoms with Gasteiger partial charge in [0.05, 0.1) is 31.2 Å². The van der Waals surface area contributed by atoms with E-state index in [1.807, 2.05) is 0 Å². The number of rotatable bonds is 6. The maximum atomic E-state index is 12.0. The van der Waals surface area contributed by atoms with Crippen molar-refractivity contribution in [3.8, 4) is 11.5 Å². The molecule has 2 aromatic rings. The van der Waals surface area contributed by atoms with Gasteiger partial charge in [0.1, 0.15) is 11.5 Å². The molecule has 0 saturated carbocycles. The molecule has 2 rings (SSSR count). The molecule has 0 aliphatic heterocycles. The molecule has 1 aromatic carbocycles. The van der Waals surface area contributed by atoms with Gasteiger partial charge >= 0.3 is 5.97 Å². The van der Waals surface area contributed by atoms with Crippen LogP contribution in [-0.2, 0) is 9.53 Å². The molecule has 0 unspecified atom stereocenters. The quantitative estimate of drug-likeness (QED) is 0.803. The van der Waals surface area contributed by atoms with Crippen LogP contribution in [0.1, 0.15) is 16.1 Å². The van der Waals surface area contributed by atoms with E-state index in [1.54, 1.807) is 13.0 Å². The van der Waals surface area contributed by atoms with Gasteiger partial charge in [-0.05, 0) is 19.1 Å². The van der Waals surface area contributed by atoms with Gasteiger partial charge in [-0.3, -0.25) is 4.79 Å². The Morgan fingerprint density at radius 3 is 2.50 bits per heavy atom. The van der Waals surface area contributed by atoms with Gasteiger partial charge in [0.25, 0.3) is 5.91 Å². The molecular formula is C16H16ClNO6. The van der Waals surface area contributed by atoms with Crippen LogP contribution in [0, 0.1) is 6.92 Å². The number of carbonyl (C=O) groups excluding carboxylic acids is 2. The Labute approximate surface area is 143 Å². The summed E-state index contributed by atoms with van der Waals surface area (Å²) in [5, 5.41) is 2.86. The number of amides is 1. The molecule has 0 fully saturated rings. The predicted molar refractivity (Wildman–Crippen MR) is 86.9 cm³/mol. The number of halogens is 1. The number of benzene rings is 1. The highest BCUT2D eigenvalue weighted by atomic mass is 35.5. The van der Waals surface area contributed by atoms with Crippen LogP contribution in [0.3, 0.4) is 0 Å². The Kier molecular flexibility index (Phi) is 5.70. The summed E-state index contributed by atoms with van der Waals surface area (Å²) >= 11 is 6.02. The lowest BCUT2D eigenvalue weighted by atomic mass is 10.2. The SMILES string of the molecule is COc1cc(OC)c(NC(=O)COC(=O)c2occc2C)cc1Cl. The summed E-state index contributed by atoms with van der Waals surface area (Å²) in [6.07, 6.45) is 1.37. The average Bonchev–Trinajstić information content (AvgIpc) is 2.99. The summed E-state index contributed by atoms with van der Waals surface area (Å²) in [7, 11) is 2.91. The second-order valence-electron chi connectivity index (χ2n) is 4.74. The van der Waals surface area contributed by atoms with Crippen molar-refractivity contribution in [2.75, 3.05) is 26.1 Å². The molecule has 0 aliphatic carbocycles. The summed E-state index contributed by atoms with van der Waals surface area (Å²) in [5.74, 6) is -0.434.